The summed E-state index contributed by atoms with van der Waals surface area (Å²) >= 11 is 0. The van der Waals surface area contributed by atoms with Gasteiger partial charge < -0.3 is 14.4 Å². The third kappa shape index (κ3) is 2.81. The first-order valence-corrected chi connectivity index (χ1v) is 7.56. The summed E-state index contributed by atoms with van der Waals surface area (Å²) in [5.41, 5.74) is 2.90. The number of rotatable bonds is 5. The second kappa shape index (κ2) is 5.90. The second-order valence-electron chi connectivity index (χ2n) is 5.83. The van der Waals surface area contributed by atoms with Crippen LogP contribution in [0, 0.1) is 6.92 Å². The lowest BCUT2D eigenvalue weighted by Gasteiger charge is -2.37. The Bertz CT molecular complexity index is 643. The van der Waals surface area contributed by atoms with Gasteiger partial charge in [0.05, 0.1) is 19.3 Å². The number of amides is 1. The number of aryl methyl sites for hydroxylation is 1. The van der Waals surface area contributed by atoms with E-state index in [-0.39, 0.29) is 12.5 Å². The number of aliphatic hydroxyl groups excluding tert-OH is 1. The van der Waals surface area contributed by atoms with Gasteiger partial charge in [-0.1, -0.05) is 12.1 Å². The molecular formula is C17H21NO3. The van der Waals surface area contributed by atoms with E-state index in [1.807, 2.05) is 30.0 Å². The number of carbonyl (C=O) groups excluding carboxylic acids is 1. The highest BCUT2D eigenvalue weighted by atomic mass is 16.3. The molecule has 3 rings (SSSR count). The highest BCUT2D eigenvalue weighted by Gasteiger charge is 2.28. The maximum atomic E-state index is 12.5. The van der Waals surface area contributed by atoms with E-state index in [0.717, 1.165) is 34.9 Å². The normalized spacial score (nSPS) is 15.1. The number of benzene rings is 1. The van der Waals surface area contributed by atoms with Gasteiger partial charge in [-0.25, -0.2) is 0 Å². The molecule has 1 aromatic heterocycles. The molecule has 0 atom stereocenters. The van der Waals surface area contributed by atoms with E-state index in [1.54, 1.807) is 6.26 Å². The van der Waals surface area contributed by atoms with Crippen LogP contribution < -0.4 is 0 Å². The molecular weight excluding hydrogens is 266 g/mol. The number of hydrogen-bond donors (Lipinski definition) is 1. The van der Waals surface area contributed by atoms with Crippen molar-refractivity contribution in [1.82, 2.24) is 4.90 Å². The van der Waals surface area contributed by atoms with Crippen LogP contribution in [0.4, 0.5) is 0 Å². The third-order valence-electron chi connectivity index (χ3n) is 4.33. The average molecular weight is 287 g/mol. The Morgan fingerprint density at radius 3 is 2.90 bits per heavy atom. The summed E-state index contributed by atoms with van der Waals surface area (Å²) in [4.78, 5) is 14.3. The molecule has 1 aromatic carbocycles. The molecule has 0 radical (unpaired) electrons. The molecule has 0 bridgehead atoms. The predicted molar refractivity (Wildman–Crippen MR) is 81.1 cm³/mol. The van der Waals surface area contributed by atoms with Crippen molar-refractivity contribution in [2.45, 2.75) is 38.6 Å². The third-order valence-corrected chi connectivity index (χ3v) is 4.33. The minimum atomic E-state index is 0.0214. The molecule has 0 spiro atoms. The van der Waals surface area contributed by atoms with E-state index >= 15 is 0 Å². The van der Waals surface area contributed by atoms with Crippen LogP contribution >= 0.6 is 0 Å². The lowest BCUT2D eigenvalue weighted by Crippen LogP contribution is -2.46. The molecule has 0 unspecified atom stereocenters. The van der Waals surface area contributed by atoms with Crippen molar-refractivity contribution in [2.75, 3.05) is 13.2 Å². The smallest absolute Gasteiger partial charge is 0.227 e. The lowest BCUT2D eigenvalue weighted by molar-refractivity contribution is -0.135. The SMILES string of the molecule is Cc1ccc2c(CC(=O)N(CCO)C3CCC3)coc2c1. The second-order valence-corrected chi connectivity index (χ2v) is 5.83. The van der Waals surface area contributed by atoms with Gasteiger partial charge in [-0.3, -0.25) is 4.79 Å². The highest BCUT2D eigenvalue weighted by Crippen LogP contribution is 2.27. The first-order valence-electron chi connectivity index (χ1n) is 7.56. The summed E-state index contributed by atoms with van der Waals surface area (Å²) in [7, 11) is 0. The minimum absolute atomic E-state index is 0.0214. The Morgan fingerprint density at radius 2 is 2.24 bits per heavy atom. The molecule has 1 aliphatic rings. The van der Waals surface area contributed by atoms with E-state index in [4.69, 9.17) is 4.42 Å². The monoisotopic (exact) mass is 287 g/mol. The van der Waals surface area contributed by atoms with Crippen molar-refractivity contribution >= 4 is 16.9 Å². The van der Waals surface area contributed by atoms with Crippen molar-refractivity contribution in [2.24, 2.45) is 0 Å². The van der Waals surface area contributed by atoms with Crippen molar-refractivity contribution in [3.63, 3.8) is 0 Å². The summed E-state index contributed by atoms with van der Waals surface area (Å²) < 4.78 is 5.55. The first kappa shape index (κ1) is 14.1. The summed E-state index contributed by atoms with van der Waals surface area (Å²) in [5.74, 6) is 0.0806. The Hall–Kier alpha value is -1.81. The molecule has 0 saturated heterocycles. The number of carbonyl (C=O) groups is 1. The van der Waals surface area contributed by atoms with Gasteiger partial charge in [-0.2, -0.15) is 0 Å². The van der Waals surface area contributed by atoms with Gasteiger partial charge in [-0.15, -0.1) is 0 Å². The van der Waals surface area contributed by atoms with Crippen LogP contribution in [0.25, 0.3) is 11.0 Å². The standard InChI is InChI=1S/C17H21NO3/c1-12-5-6-15-13(11-21-16(15)9-12)10-17(20)18(7-8-19)14-3-2-4-14/h5-6,9,11,14,19H,2-4,7-8,10H2,1H3. The fourth-order valence-corrected chi connectivity index (χ4v) is 2.91. The van der Waals surface area contributed by atoms with Crippen molar-refractivity contribution in [3.05, 3.63) is 35.6 Å². The molecule has 112 valence electrons. The summed E-state index contributed by atoms with van der Waals surface area (Å²) in [6, 6.07) is 6.34. The number of furan rings is 1. The maximum absolute atomic E-state index is 12.5. The van der Waals surface area contributed by atoms with Gasteiger partial charge in [0.1, 0.15) is 5.58 Å². The number of aliphatic hydroxyl groups is 1. The highest BCUT2D eigenvalue weighted by molar-refractivity contribution is 5.88. The van der Waals surface area contributed by atoms with E-state index in [0.29, 0.717) is 19.0 Å². The lowest BCUT2D eigenvalue weighted by atomic mass is 9.91. The minimum Gasteiger partial charge on any atom is -0.464 e. The molecule has 1 N–H and O–H groups in total. The quantitative estimate of drug-likeness (QED) is 0.920. The van der Waals surface area contributed by atoms with Crippen LogP contribution in [0.15, 0.2) is 28.9 Å². The van der Waals surface area contributed by atoms with Crippen molar-refractivity contribution < 1.29 is 14.3 Å². The molecule has 1 fully saturated rings. The fourth-order valence-electron chi connectivity index (χ4n) is 2.91. The number of hydrogen-bond acceptors (Lipinski definition) is 3. The Morgan fingerprint density at radius 1 is 1.43 bits per heavy atom. The summed E-state index contributed by atoms with van der Waals surface area (Å²) in [6.45, 7) is 2.47. The van der Waals surface area contributed by atoms with E-state index in [9.17, 15) is 9.90 Å². The van der Waals surface area contributed by atoms with Crippen LogP contribution in [0.2, 0.25) is 0 Å². The zero-order valence-electron chi connectivity index (χ0n) is 12.3. The van der Waals surface area contributed by atoms with E-state index in [1.165, 1.54) is 6.42 Å². The van der Waals surface area contributed by atoms with Crippen LogP contribution in [-0.2, 0) is 11.2 Å². The summed E-state index contributed by atoms with van der Waals surface area (Å²) in [5, 5.41) is 10.2. The molecule has 1 saturated carbocycles. The maximum Gasteiger partial charge on any atom is 0.227 e. The fraction of sp³-hybridized carbons (Fsp3) is 0.471. The Labute approximate surface area is 124 Å². The number of nitrogens with zero attached hydrogens (tertiary/aromatic N) is 1. The Balaban J connectivity index is 1.78. The van der Waals surface area contributed by atoms with Gasteiger partial charge in [0.25, 0.3) is 0 Å². The van der Waals surface area contributed by atoms with Gasteiger partial charge in [-0.05, 0) is 37.8 Å². The van der Waals surface area contributed by atoms with Gasteiger partial charge in [0.15, 0.2) is 0 Å². The molecule has 1 aliphatic carbocycles. The molecule has 2 aromatic rings. The van der Waals surface area contributed by atoms with Crippen LogP contribution in [0.1, 0.15) is 30.4 Å². The largest absolute Gasteiger partial charge is 0.464 e. The van der Waals surface area contributed by atoms with Crippen molar-refractivity contribution in [3.8, 4) is 0 Å². The molecule has 21 heavy (non-hydrogen) atoms. The van der Waals surface area contributed by atoms with Crippen LogP contribution in [-0.4, -0.2) is 35.1 Å². The van der Waals surface area contributed by atoms with Gasteiger partial charge in [0.2, 0.25) is 5.91 Å². The van der Waals surface area contributed by atoms with E-state index < -0.39 is 0 Å². The summed E-state index contributed by atoms with van der Waals surface area (Å²) in [6.07, 6.45) is 5.30. The average Bonchev–Trinajstić information content (AvgIpc) is 2.78. The molecule has 1 heterocycles. The van der Waals surface area contributed by atoms with Gasteiger partial charge in [0, 0.05) is 23.5 Å². The molecule has 0 aliphatic heterocycles. The van der Waals surface area contributed by atoms with Crippen LogP contribution in [0.3, 0.4) is 0 Å². The topological polar surface area (TPSA) is 53.7 Å². The molecule has 4 nitrogen and oxygen atoms in total. The zero-order valence-corrected chi connectivity index (χ0v) is 12.3. The molecule has 4 heteroatoms. The number of fused-ring (bicyclic) bond motifs is 1. The first-order chi connectivity index (χ1) is 10.2. The zero-order chi connectivity index (χ0) is 14.8. The van der Waals surface area contributed by atoms with Gasteiger partial charge >= 0.3 is 0 Å². The predicted octanol–water partition coefficient (Wildman–Crippen LogP) is 2.66. The Kier molecular flexibility index (Phi) is 3.97. The van der Waals surface area contributed by atoms with Crippen LogP contribution in [0.5, 0.6) is 0 Å². The van der Waals surface area contributed by atoms with E-state index in [2.05, 4.69) is 0 Å². The van der Waals surface area contributed by atoms with Crippen molar-refractivity contribution in [1.29, 1.82) is 0 Å². The molecule has 1 amide bonds.